The number of para-hydroxylation sites is 1. The Labute approximate surface area is 193 Å². The summed E-state index contributed by atoms with van der Waals surface area (Å²) >= 11 is 0. The molecular weight excluding hydrogens is 521 g/mol. The Morgan fingerprint density at radius 1 is 1.23 bits per heavy atom. The van der Waals surface area contributed by atoms with Crippen molar-refractivity contribution in [3.05, 3.63) is 47.9 Å². The summed E-state index contributed by atoms with van der Waals surface area (Å²) in [5, 5.41) is 7.06. The Hall–Kier alpha value is -1.86. The molecule has 1 saturated heterocycles. The van der Waals surface area contributed by atoms with Gasteiger partial charge in [-0.1, -0.05) is 23.4 Å². The molecule has 9 nitrogen and oxygen atoms in total. The van der Waals surface area contributed by atoms with E-state index in [9.17, 15) is 8.42 Å². The van der Waals surface area contributed by atoms with E-state index in [0.29, 0.717) is 38.4 Å². The molecule has 2 aromatic rings. The second-order valence-electron chi connectivity index (χ2n) is 7.11. The van der Waals surface area contributed by atoms with Crippen molar-refractivity contribution in [2.45, 2.75) is 18.3 Å². The Bertz CT molecular complexity index is 934. The van der Waals surface area contributed by atoms with Crippen LogP contribution in [0.5, 0.6) is 5.75 Å². The zero-order chi connectivity index (χ0) is 20.3. The van der Waals surface area contributed by atoms with Crippen molar-refractivity contribution in [3.63, 3.8) is 0 Å². The van der Waals surface area contributed by atoms with Crippen molar-refractivity contribution in [2.75, 3.05) is 39.8 Å². The van der Waals surface area contributed by atoms with Crippen LogP contribution in [-0.4, -0.2) is 74.6 Å². The highest BCUT2D eigenvalue weighted by molar-refractivity contribution is 14.0. The number of halogens is 1. The van der Waals surface area contributed by atoms with Gasteiger partial charge in [0.25, 0.3) is 0 Å². The van der Waals surface area contributed by atoms with Gasteiger partial charge in [-0.25, -0.2) is 8.42 Å². The molecule has 3 heterocycles. The molecule has 0 amide bonds. The van der Waals surface area contributed by atoms with Gasteiger partial charge in [0.05, 0.1) is 12.2 Å². The maximum Gasteiger partial charge on any atom is 0.220 e. The van der Waals surface area contributed by atoms with Crippen molar-refractivity contribution in [3.8, 4) is 5.75 Å². The van der Waals surface area contributed by atoms with Gasteiger partial charge in [-0.2, -0.15) is 4.31 Å². The fourth-order valence-corrected chi connectivity index (χ4v) is 5.10. The van der Waals surface area contributed by atoms with Crippen LogP contribution in [-0.2, 0) is 22.2 Å². The standard InChI is InChI=1S/C19H25N5O4S.HI/c1-20-19(21-13-17-12-15-4-2-3-5-18(15)28-17)23-7-9-24(10-8-23)29(25,26)14-16-6-11-27-22-16;/h2-6,11,17H,7-10,12-14H2,1H3,(H,20,21);1H. The number of sulfonamides is 1. The third kappa shape index (κ3) is 5.24. The van der Waals surface area contributed by atoms with Crippen LogP contribution in [0.25, 0.3) is 0 Å². The van der Waals surface area contributed by atoms with Gasteiger partial charge in [-0.3, -0.25) is 4.99 Å². The topological polar surface area (TPSA) is 100 Å². The summed E-state index contributed by atoms with van der Waals surface area (Å²) in [5.74, 6) is 1.56. The number of fused-ring (bicyclic) bond motifs is 1. The monoisotopic (exact) mass is 547 g/mol. The Kier molecular flexibility index (Phi) is 7.58. The minimum Gasteiger partial charge on any atom is -0.488 e. The average molecular weight is 547 g/mol. The first kappa shape index (κ1) is 22.8. The zero-order valence-electron chi connectivity index (χ0n) is 16.7. The normalized spacial score (nSPS) is 19.7. The summed E-state index contributed by atoms with van der Waals surface area (Å²) in [6, 6.07) is 9.64. The molecule has 0 aliphatic carbocycles. The number of piperazine rings is 1. The van der Waals surface area contributed by atoms with Gasteiger partial charge >= 0.3 is 0 Å². The van der Waals surface area contributed by atoms with Crippen molar-refractivity contribution in [1.29, 1.82) is 0 Å². The Morgan fingerprint density at radius 2 is 2.00 bits per heavy atom. The van der Waals surface area contributed by atoms with E-state index in [0.717, 1.165) is 18.1 Å². The lowest BCUT2D eigenvalue weighted by Crippen LogP contribution is -2.54. The van der Waals surface area contributed by atoms with Gasteiger partial charge in [0.15, 0.2) is 5.96 Å². The first-order valence-corrected chi connectivity index (χ1v) is 11.2. The van der Waals surface area contributed by atoms with Crippen LogP contribution >= 0.6 is 24.0 Å². The number of nitrogens with one attached hydrogen (secondary N) is 1. The van der Waals surface area contributed by atoms with Gasteiger partial charge in [0.2, 0.25) is 10.0 Å². The third-order valence-electron chi connectivity index (χ3n) is 5.17. The highest BCUT2D eigenvalue weighted by Crippen LogP contribution is 2.27. The fraction of sp³-hybridized carbons (Fsp3) is 0.474. The number of nitrogens with zero attached hydrogens (tertiary/aromatic N) is 4. The van der Waals surface area contributed by atoms with Gasteiger partial charge in [0, 0.05) is 45.7 Å². The fourth-order valence-electron chi connectivity index (χ4n) is 3.67. The minimum atomic E-state index is -3.41. The molecular formula is C19H26IN5O4S. The van der Waals surface area contributed by atoms with E-state index in [-0.39, 0.29) is 35.8 Å². The number of guanidine groups is 1. The molecule has 2 aliphatic rings. The van der Waals surface area contributed by atoms with Crippen molar-refractivity contribution in [1.82, 2.24) is 19.7 Å². The summed E-state index contributed by atoms with van der Waals surface area (Å²) < 4.78 is 37.3. The van der Waals surface area contributed by atoms with Gasteiger partial charge < -0.3 is 19.5 Å². The third-order valence-corrected chi connectivity index (χ3v) is 6.98. The maximum absolute atomic E-state index is 12.6. The molecule has 1 unspecified atom stereocenters. The van der Waals surface area contributed by atoms with E-state index in [1.165, 1.54) is 16.1 Å². The number of rotatable bonds is 5. The average Bonchev–Trinajstić information content (AvgIpc) is 3.37. The highest BCUT2D eigenvalue weighted by Gasteiger charge is 2.29. The summed E-state index contributed by atoms with van der Waals surface area (Å²) in [6.45, 7) is 2.61. The predicted molar refractivity (Wildman–Crippen MR) is 124 cm³/mol. The lowest BCUT2D eigenvalue weighted by Gasteiger charge is -2.36. The van der Waals surface area contributed by atoms with E-state index < -0.39 is 10.0 Å². The van der Waals surface area contributed by atoms with Crippen LogP contribution in [0.1, 0.15) is 11.3 Å². The van der Waals surface area contributed by atoms with E-state index in [4.69, 9.17) is 9.26 Å². The molecule has 0 saturated carbocycles. The molecule has 4 rings (SSSR count). The maximum atomic E-state index is 12.6. The van der Waals surface area contributed by atoms with Crippen LogP contribution in [0, 0.1) is 0 Å². The summed E-state index contributed by atoms with van der Waals surface area (Å²) in [6.07, 6.45) is 2.31. The van der Waals surface area contributed by atoms with Crippen molar-refractivity contribution < 1.29 is 17.7 Å². The van der Waals surface area contributed by atoms with Gasteiger partial charge in [0.1, 0.15) is 23.9 Å². The molecule has 164 valence electrons. The summed E-state index contributed by atoms with van der Waals surface area (Å²) in [4.78, 5) is 6.43. The Balaban J connectivity index is 0.00000256. The van der Waals surface area contributed by atoms with E-state index in [2.05, 4.69) is 26.4 Å². The van der Waals surface area contributed by atoms with Crippen LogP contribution < -0.4 is 10.1 Å². The molecule has 2 aliphatic heterocycles. The number of hydrogen-bond donors (Lipinski definition) is 1. The number of ether oxygens (including phenoxy) is 1. The Morgan fingerprint density at radius 3 is 2.67 bits per heavy atom. The first-order valence-electron chi connectivity index (χ1n) is 9.62. The SMILES string of the molecule is CN=C(NCC1Cc2ccccc2O1)N1CCN(S(=O)(=O)Cc2ccon2)CC1.I. The zero-order valence-corrected chi connectivity index (χ0v) is 19.9. The molecule has 1 fully saturated rings. The van der Waals surface area contributed by atoms with E-state index in [1.807, 2.05) is 18.2 Å². The highest BCUT2D eigenvalue weighted by atomic mass is 127. The second-order valence-corrected chi connectivity index (χ2v) is 9.08. The molecule has 1 aromatic heterocycles. The summed E-state index contributed by atoms with van der Waals surface area (Å²) in [5.41, 5.74) is 1.64. The summed E-state index contributed by atoms with van der Waals surface area (Å²) in [7, 11) is -1.68. The van der Waals surface area contributed by atoms with Crippen LogP contribution in [0.3, 0.4) is 0 Å². The largest absolute Gasteiger partial charge is 0.488 e. The number of aliphatic imine (C=N–C) groups is 1. The number of benzene rings is 1. The predicted octanol–water partition coefficient (Wildman–Crippen LogP) is 1.32. The lowest BCUT2D eigenvalue weighted by atomic mass is 10.1. The molecule has 0 spiro atoms. The molecule has 30 heavy (non-hydrogen) atoms. The number of aromatic nitrogens is 1. The van der Waals surface area contributed by atoms with Crippen molar-refractivity contribution >= 4 is 40.0 Å². The van der Waals surface area contributed by atoms with Crippen LogP contribution in [0.2, 0.25) is 0 Å². The molecule has 0 bridgehead atoms. The molecule has 11 heteroatoms. The smallest absolute Gasteiger partial charge is 0.220 e. The quantitative estimate of drug-likeness (QED) is 0.343. The van der Waals surface area contributed by atoms with E-state index in [1.54, 1.807) is 13.1 Å². The second kappa shape index (κ2) is 9.96. The number of hydrogen-bond acceptors (Lipinski definition) is 6. The first-order chi connectivity index (χ1) is 14.0. The van der Waals surface area contributed by atoms with Crippen LogP contribution in [0.4, 0.5) is 0 Å². The molecule has 0 radical (unpaired) electrons. The molecule has 1 N–H and O–H groups in total. The lowest BCUT2D eigenvalue weighted by molar-refractivity contribution is 0.227. The molecule has 1 atom stereocenters. The van der Waals surface area contributed by atoms with Gasteiger partial charge in [-0.15, -0.1) is 24.0 Å². The van der Waals surface area contributed by atoms with Crippen molar-refractivity contribution in [2.24, 2.45) is 4.99 Å². The van der Waals surface area contributed by atoms with Crippen LogP contribution in [0.15, 0.2) is 46.1 Å². The van der Waals surface area contributed by atoms with E-state index >= 15 is 0 Å². The van der Waals surface area contributed by atoms with Gasteiger partial charge in [-0.05, 0) is 11.6 Å². The minimum absolute atomic E-state index is 0. The molecule has 1 aromatic carbocycles.